The van der Waals surface area contributed by atoms with Gasteiger partial charge in [-0.1, -0.05) is 31.0 Å². The molecule has 1 unspecified atom stereocenters. The molecule has 1 saturated carbocycles. The fourth-order valence-electron chi connectivity index (χ4n) is 3.86. The number of rotatable bonds is 7. The van der Waals surface area contributed by atoms with Crippen LogP contribution in [0.15, 0.2) is 35.3 Å². The van der Waals surface area contributed by atoms with E-state index in [-0.39, 0.29) is 12.0 Å². The lowest BCUT2D eigenvalue weighted by atomic mass is 10.1. The molecule has 1 aromatic rings. The molecule has 2 aliphatic rings. The van der Waals surface area contributed by atoms with Gasteiger partial charge < -0.3 is 20.3 Å². The molecule has 27 heavy (non-hydrogen) atoms. The SMILES string of the molecule is CCNC(=NCCOc1ccccc1)NC1CCN(C(=O)C2CCCC2)C1. The van der Waals surface area contributed by atoms with E-state index in [0.29, 0.717) is 19.1 Å². The highest BCUT2D eigenvalue weighted by atomic mass is 16.5. The molecule has 0 spiro atoms. The average Bonchev–Trinajstić information content (AvgIpc) is 3.38. The Morgan fingerprint density at radius 3 is 2.74 bits per heavy atom. The molecule has 2 N–H and O–H groups in total. The van der Waals surface area contributed by atoms with Crippen molar-refractivity contribution >= 4 is 11.9 Å². The summed E-state index contributed by atoms with van der Waals surface area (Å²) in [6, 6.07) is 10.1. The summed E-state index contributed by atoms with van der Waals surface area (Å²) >= 11 is 0. The Bertz CT molecular complexity index is 614. The highest BCUT2D eigenvalue weighted by Gasteiger charge is 2.32. The molecular formula is C21H32N4O2. The van der Waals surface area contributed by atoms with E-state index in [1.807, 2.05) is 35.2 Å². The number of carbonyl (C=O) groups excluding carboxylic acids is 1. The van der Waals surface area contributed by atoms with Crippen molar-refractivity contribution in [1.82, 2.24) is 15.5 Å². The Balaban J connectivity index is 1.43. The number of guanidine groups is 1. The fraction of sp³-hybridized carbons (Fsp3) is 0.619. The summed E-state index contributed by atoms with van der Waals surface area (Å²) in [6.45, 7) is 5.62. The van der Waals surface area contributed by atoms with Gasteiger partial charge in [0.05, 0.1) is 6.54 Å². The monoisotopic (exact) mass is 372 g/mol. The summed E-state index contributed by atoms with van der Waals surface area (Å²) in [5.41, 5.74) is 0. The van der Waals surface area contributed by atoms with Crippen molar-refractivity contribution in [1.29, 1.82) is 0 Å². The Morgan fingerprint density at radius 2 is 2.00 bits per heavy atom. The molecule has 3 rings (SSSR count). The summed E-state index contributed by atoms with van der Waals surface area (Å²) in [4.78, 5) is 19.2. The second-order valence-corrected chi connectivity index (χ2v) is 7.32. The molecule has 1 aromatic carbocycles. The van der Waals surface area contributed by atoms with Crippen LogP contribution in [-0.2, 0) is 4.79 Å². The Labute approximate surface area is 162 Å². The van der Waals surface area contributed by atoms with Crippen molar-refractivity contribution in [2.45, 2.75) is 45.1 Å². The Kier molecular flexibility index (Phi) is 7.36. The number of nitrogens with zero attached hydrogens (tertiary/aromatic N) is 2. The van der Waals surface area contributed by atoms with Gasteiger partial charge in [-0.15, -0.1) is 0 Å². The number of carbonyl (C=O) groups is 1. The summed E-state index contributed by atoms with van der Waals surface area (Å²) in [7, 11) is 0. The number of aliphatic imine (C=N–C) groups is 1. The molecule has 6 nitrogen and oxygen atoms in total. The van der Waals surface area contributed by atoms with E-state index in [0.717, 1.165) is 50.6 Å². The van der Waals surface area contributed by atoms with Gasteiger partial charge in [-0.05, 0) is 38.3 Å². The van der Waals surface area contributed by atoms with Crippen LogP contribution in [0.4, 0.5) is 0 Å². The van der Waals surface area contributed by atoms with E-state index in [9.17, 15) is 4.79 Å². The second kappa shape index (κ2) is 10.2. The topological polar surface area (TPSA) is 66.0 Å². The van der Waals surface area contributed by atoms with E-state index in [1.165, 1.54) is 12.8 Å². The van der Waals surface area contributed by atoms with Crippen molar-refractivity contribution in [2.24, 2.45) is 10.9 Å². The number of para-hydroxylation sites is 1. The summed E-state index contributed by atoms with van der Waals surface area (Å²) in [6.07, 6.45) is 5.52. The average molecular weight is 373 g/mol. The normalized spacial score (nSPS) is 20.7. The van der Waals surface area contributed by atoms with Crippen molar-refractivity contribution < 1.29 is 9.53 Å². The highest BCUT2D eigenvalue weighted by Crippen LogP contribution is 2.27. The smallest absolute Gasteiger partial charge is 0.225 e. The number of benzene rings is 1. The molecule has 6 heteroatoms. The zero-order valence-electron chi connectivity index (χ0n) is 16.3. The van der Waals surface area contributed by atoms with Gasteiger partial charge in [0.25, 0.3) is 0 Å². The van der Waals surface area contributed by atoms with E-state index in [4.69, 9.17) is 4.74 Å². The van der Waals surface area contributed by atoms with Crippen molar-refractivity contribution in [2.75, 3.05) is 32.8 Å². The number of nitrogens with one attached hydrogen (secondary N) is 2. The van der Waals surface area contributed by atoms with Gasteiger partial charge in [-0.3, -0.25) is 4.79 Å². The van der Waals surface area contributed by atoms with Crippen LogP contribution in [0, 0.1) is 5.92 Å². The second-order valence-electron chi connectivity index (χ2n) is 7.32. The molecule has 1 atom stereocenters. The molecule has 1 saturated heterocycles. The van der Waals surface area contributed by atoms with Gasteiger partial charge in [0.15, 0.2) is 5.96 Å². The Morgan fingerprint density at radius 1 is 1.22 bits per heavy atom. The van der Waals surface area contributed by atoms with Crippen LogP contribution in [0.5, 0.6) is 5.75 Å². The van der Waals surface area contributed by atoms with E-state index >= 15 is 0 Å². The van der Waals surface area contributed by atoms with Crippen LogP contribution in [0.3, 0.4) is 0 Å². The van der Waals surface area contributed by atoms with E-state index < -0.39 is 0 Å². The predicted octanol–water partition coefficient (Wildman–Crippen LogP) is 2.41. The molecule has 1 aliphatic carbocycles. The minimum Gasteiger partial charge on any atom is -0.492 e. The van der Waals surface area contributed by atoms with Crippen molar-refractivity contribution in [3.05, 3.63) is 30.3 Å². The van der Waals surface area contributed by atoms with E-state index in [1.54, 1.807) is 0 Å². The van der Waals surface area contributed by atoms with E-state index in [2.05, 4.69) is 22.5 Å². The Hall–Kier alpha value is -2.24. The third kappa shape index (κ3) is 5.88. The largest absolute Gasteiger partial charge is 0.492 e. The van der Waals surface area contributed by atoms with Crippen LogP contribution in [0.1, 0.15) is 39.0 Å². The first kappa shape index (κ1) is 19.5. The maximum atomic E-state index is 12.6. The lowest BCUT2D eigenvalue weighted by Crippen LogP contribution is -2.45. The lowest BCUT2D eigenvalue weighted by Gasteiger charge is -2.21. The molecule has 1 amide bonds. The standard InChI is InChI=1S/C21H32N4O2/c1-2-22-21(23-13-15-27-19-10-4-3-5-11-19)24-18-12-14-25(16-18)20(26)17-8-6-7-9-17/h3-5,10-11,17-18H,2,6-9,12-16H2,1H3,(H2,22,23,24). The van der Waals surface area contributed by atoms with Crippen LogP contribution < -0.4 is 15.4 Å². The van der Waals surface area contributed by atoms with Crippen molar-refractivity contribution in [3.63, 3.8) is 0 Å². The molecule has 1 heterocycles. The fourth-order valence-corrected chi connectivity index (χ4v) is 3.86. The molecule has 2 fully saturated rings. The molecule has 0 aromatic heterocycles. The maximum Gasteiger partial charge on any atom is 0.225 e. The van der Waals surface area contributed by atoms with Gasteiger partial charge in [0.2, 0.25) is 5.91 Å². The van der Waals surface area contributed by atoms with Gasteiger partial charge in [0, 0.05) is 31.6 Å². The maximum absolute atomic E-state index is 12.6. The third-order valence-electron chi connectivity index (χ3n) is 5.26. The first-order valence-electron chi connectivity index (χ1n) is 10.3. The summed E-state index contributed by atoms with van der Waals surface area (Å²) < 4.78 is 5.69. The number of hydrogen-bond donors (Lipinski definition) is 2. The molecule has 148 valence electrons. The first-order valence-corrected chi connectivity index (χ1v) is 10.3. The number of ether oxygens (including phenoxy) is 1. The van der Waals surface area contributed by atoms with Crippen LogP contribution in [0.25, 0.3) is 0 Å². The molecule has 0 bridgehead atoms. The van der Waals surface area contributed by atoms with Gasteiger partial charge in [-0.2, -0.15) is 0 Å². The van der Waals surface area contributed by atoms with Gasteiger partial charge in [-0.25, -0.2) is 4.99 Å². The van der Waals surface area contributed by atoms with Gasteiger partial charge in [0.1, 0.15) is 12.4 Å². The number of amides is 1. The minimum absolute atomic E-state index is 0.265. The van der Waals surface area contributed by atoms with Crippen LogP contribution in [-0.4, -0.2) is 55.6 Å². The lowest BCUT2D eigenvalue weighted by molar-refractivity contribution is -0.134. The minimum atomic E-state index is 0.265. The molecule has 1 aliphatic heterocycles. The molecular weight excluding hydrogens is 340 g/mol. The molecule has 0 radical (unpaired) electrons. The highest BCUT2D eigenvalue weighted by molar-refractivity contribution is 5.81. The quantitative estimate of drug-likeness (QED) is 0.438. The zero-order valence-corrected chi connectivity index (χ0v) is 16.3. The van der Waals surface area contributed by atoms with Crippen LogP contribution >= 0.6 is 0 Å². The number of hydrogen-bond acceptors (Lipinski definition) is 3. The zero-order chi connectivity index (χ0) is 18.9. The predicted molar refractivity (Wildman–Crippen MR) is 108 cm³/mol. The third-order valence-corrected chi connectivity index (χ3v) is 5.26. The summed E-state index contributed by atoms with van der Waals surface area (Å²) in [5, 5.41) is 6.77. The first-order chi connectivity index (χ1) is 13.3. The van der Waals surface area contributed by atoms with Gasteiger partial charge >= 0.3 is 0 Å². The van der Waals surface area contributed by atoms with Crippen molar-refractivity contribution in [3.8, 4) is 5.75 Å². The van der Waals surface area contributed by atoms with Crippen LogP contribution in [0.2, 0.25) is 0 Å². The number of likely N-dealkylation sites (tertiary alicyclic amines) is 1. The summed E-state index contributed by atoms with van der Waals surface area (Å²) in [5.74, 6) is 2.28.